The van der Waals surface area contributed by atoms with Crippen LogP contribution in [0.4, 0.5) is 16.4 Å². The van der Waals surface area contributed by atoms with Gasteiger partial charge in [0.2, 0.25) is 5.95 Å². The van der Waals surface area contributed by atoms with Crippen LogP contribution in [0.1, 0.15) is 12.0 Å². The van der Waals surface area contributed by atoms with Crippen LogP contribution in [0.25, 0.3) is 0 Å². The van der Waals surface area contributed by atoms with Crippen LogP contribution in [0.15, 0.2) is 61.4 Å². The van der Waals surface area contributed by atoms with E-state index in [-0.39, 0.29) is 6.03 Å². The highest BCUT2D eigenvalue weighted by atomic mass is 16.2. The molecular weight excluding hydrogens is 392 g/mol. The second kappa shape index (κ2) is 10.5. The van der Waals surface area contributed by atoms with Gasteiger partial charge in [0.05, 0.1) is 6.33 Å². The van der Waals surface area contributed by atoms with Crippen molar-refractivity contribution in [3.05, 3.63) is 67.0 Å². The van der Waals surface area contributed by atoms with Crippen LogP contribution in [-0.2, 0) is 6.54 Å². The van der Waals surface area contributed by atoms with Gasteiger partial charge >= 0.3 is 6.03 Å². The van der Waals surface area contributed by atoms with Crippen molar-refractivity contribution in [1.29, 1.82) is 0 Å². The van der Waals surface area contributed by atoms with Crippen LogP contribution < -0.4 is 15.5 Å². The summed E-state index contributed by atoms with van der Waals surface area (Å²) in [5.41, 5.74) is 1.94. The van der Waals surface area contributed by atoms with E-state index in [1.807, 2.05) is 41.1 Å². The summed E-state index contributed by atoms with van der Waals surface area (Å²) in [5.74, 6) is 0.801. The van der Waals surface area contributed by atoms with Crippen molar-refractivity contribution in [2.45, 2.75) is 13.0 Å². The lowest BCUT2D eigenvalue weighted by molar-refractivity contribution is 0.244. The van der Waals surface area contributed by atoms with Gasteiger partial charge in [-0.25, -0.2) is 19.7 Å². The minimum Gasteiger partial charge on any atom is -0.338 e. The number of hydrogen-bond donors (Lipinski definition) is 2. The third-order valence-electron chi connectivity index (χ3n) is 5.28. The molecule has 2 N–H and O–H groups in total. The molecule has 9 nitrogen and oxygen atoms in total. The summed E-state index contributed by atoms with van der Waals surface area (Å²) >= 11 is 0. The van der Waals surface area contributed by atoms with E-state index in [0.717, 1.165) is 62.9 Å². The van der Waals surface area contributed by atoms with Crippen molar-refractivity contribution in [1.82, 2.24) is 29.7 Å². The molecule has 0 atom stereocenters. The Kier molecular flexibility index (Phi) is 7.07. The number of carbonyl (C=O) groups excluding carboxylic acids is 1. The molecule has 1 aliphatic heterocycles. The molecule has 3 aromatic rings. The number of urea groups is 1. The molecule has 0 bridgehead atoms. The first-order valence-corrected chi connectivity index (χ1v) is 10.6. The molecule has 0 spiro atoms. The second-order valence-electron chi connectivity index (χ2n) is 7.54. The SMILES string of the molecule is O=C(NCCCN1CCN(c2ncccn2)CC1)Nc1ccc(Cn2ccnc2)cc1. The lowest BCUT2D eigenvalue weighted by atomic mass is 10.2. The van der Waals surface area contributed by atoms with Crippen molar-refractivity contribution in [2.75, 3.05) is 49.5 Å². The Morgan fingerprint density at radius 2 is 1.77 bits per heavy atom. The number of carbonyl (C=O) groups is 1. The standard InChI is InChI=1S/C22H28N8O/c31-22(27-20-5-3-19(4-6-20)17-29-12-10-23-18-29)26-9-2-11-28-13-15-30(16-14-28)21-24-7-1-8-25-21/h1,3-8,10,12,18H,2,9,11,13-17H2,(H2,26,27,31). The van der Waals surface area contributed by atoms with Gasteiger partial charge in [-0.2, -0.15) is 0 Å². The minimum absolute atomic E-state index is 0.173. The van der Waals surface area contributed by atoms with E-state index in [9.17, 15) is 4.79 Å². The molecule has 0 saturated carbocycles. The van der Waals surface area contributed by atoms with E-state index in [1.54, 1.807) is 24.9 Å². The first-order valence-electron chi connectivity index (χ1n) is 10.6. The molecule has 2 amide bonds. The highest BCUT2D eigenvalue weighted by Crippen LogP contribution is 2.11. The molecule has 0 radical (unpaired) electrons. The lowest BCUT2D eigenvalue weighted by Crippen LogP contribution is -2.47. The van der Waals surface area contributed by atoms with Gasteiger partial charge in [0.1, 0.15) is 0 Å². The molecule has 1 aliphatic rings. The molecule has 2 aromatic heterocycles. The van der Waals surface area contributed by atoms with E-state index in [2.05, 4.69) is 35.4 Å². The average molecular weight is 421 g/mol. The first-order chi connectivity index (χ1) is 15.3. The molecule has 0 unspecified atom stereocenters. The number of nitrogens with one attached hydrogen (secondary N) is 2. The zero-order chi connectivity index (χ0) is 21.3. The molecule has 162 valence electrons. The Morgan fingerprint density at radius 1 is 1.00 bits per heavy atom. The van der Waals surface area contributed by atoms with Crippen LogP contribution in [0.2, 0.25) is 0 Å². The Bertz CT molecular complexity index is 922. The highest BCUT2D eigenvalue weighted by molar-refractivity contribution is 5.89. The van der Waals surface area contributed by atoms with E-state index in [1.165, 1.54) is 0 Å². The predicted octanol–water partition coefficient (Wildman–Crippen LogP) is 2.06. The molecular formula is C22H28N8O. The molecule has 0 aliphatic carbocycles. The van der Waals surface area contributed by atoms with Crippen LogP contribution >= 0.6 is 0 Å². The summed E-state index contributed by atoms with van der Waals surface area (Å²) in [5, 5.41) is 5.82. The van der Waals surface area contributed by atoms with Crippen molar-refractivity contribution in [2.24, 2.45) is 0 Å². The number of nitrogens with zero attached hydrogens (tertiary/aromatic N) is 6. The predicted molar refractivity (Wildman–Crippen MR) is 120 cm³/mol. The summed E-state index contributed by atoms with van der Waals surface area (Å²) < 4.78 is 2.00. The van der Waals surface area contributed by atoms with Crippen molar-refractivity contribution >= 4 is 17.7 Å². The minimum atomic E-state index is -0.173. The second-order valence-corrected chi connectivity index (χ2v) is 7.54. The number of rotatable bonds is 8. The van der Waals surface area contributed by atoms with Crippen LogP contribution in [-0.4, -0.2) is 69.7 Å². The highest BCUT2D eigenvalue weighted by Gasteiger charge is 2.18. The summed E-state index contributed by atoms with van der Waals surface area (Å²) in [6.07, 6.45) is 9.95. The largest absolute Gasteiger partial charge is 0.338 e. The van der Waals surface area contributed by atoms with Gasteiger partial charge in [0, 0.05) is 69.7 Å². The third-order valence-corrected chi connectivity index (χ3v) is 5.28. The topological polar surface area (TPSA) is 91.2 Å². The van der Waals surface area contributed by atoms with Crippen molar-refractivity contribution in [3.8, 4) is 0 Å². The van der Waals surface area contributed by atoms with Crippen molar-refractivity contribution in [3.63, 3.8) is 0 Å². The Morgan fingerprint density at radius 3 is 2.48 bits per heavy atom. The van der Waals surface area contributed by atoms with Gasteiger partial charge in [-0.3, -0.25) is 4.90 Å². The number of anilines is 2. The fourth-order valence-electron chi connectivity index (χ4n) is 3.59. The maximum absolute atomic E-state index is 12.1. The Balaban J connectivity index is 1.10. The third kappa shape index (κ3) is 6.26. The maximum Gasteiger partial charge on any atom is 0.319 e. The van der Waals surface area contributed by atoms with Crippen LogP contribution in [0, 0.1) is 0 Å². The molecule has 4 rings (SSSR count). The lowest BCUT2D eigenvalue weighted by Gasteiger charge is -2.34. The molecule has 1 saturated heterocycles. The van der Waals surface area contributed by atoms with Gasteiger partial charge in [-0.15, -0.1) is 0 Å². The van der Waals surface area contributed by atoms with Crippen LogP contribution in [0.5, 0.6) is 0 Å². The summed E-state index contributed by atoms with van der Waals surface area (Å²) in [6.45, 7) is 6.19. The number of aromatic nitrogens is 4. The number of piperazine rings is 1. The molecule has 31 heavy (non-hydrogen) atoms. The average Bonchev–Trinajstić information content (AvgIpc) is 3.32. The molecule has 3 heterocycles. The van der Waals surface area contributed by atoms with Gasteiger partial charge in [-0.1, -0.05) is 12.1 Å². The maximum atomic E-state index is 12.1. The fraction of sp³-hybridized carbons (Fsp3) is 0.364. The summed E-state index contributed by atoms with van der Waals surface area (Å²) in [4.78, 5) is 29.4. The number of benzene rings is 1. The van der Waals surface area contributed by atoms with Gasteiger partial charge < -0.3 is 20.1 Å². The summed E-state index contributed by atoms with van der Waals surface area (Å²) in [6, 6.07) is 9.52. The quantitative estimate of drug-likeness (QED) is 0.542. The Labute approximate surface area is 182 Å². The van der Waals surface area contributed by atoms with E-state index in [0.29, 0.717) is 6.54 Å². The van der Waals surface area contributed by atoms with Gasteiger partial charge in [0.25, 0.3) is 0 Å². The zero-order valence-corrected chi connectivity index (χ0v) is 17.5. The molecule has 1 aromatic carbocycles. The van der Waals surface area contributed by atoms with Crippen LogP contribution in [0.3, 0.4) is 0 Å². The monoisotopic (exact) mass is 420 g/mol. The normalized spacial score (nSPS) is 14.4. The van der Waals surface area contributed by atoms with E-state index in [4.69, 9.17) is 0 Å². The fourth-order valence-corrected chi connectivity index (χ4v) is 3.59. The number of imidazole rings is 1. The molecule has 9 heteroatoms. The zero-order valence-electron chi connectivity index (χ0n) is 17.5. The number of hydrogen-bond acceptors (Lipinski definition) is 6. The first kappa shape index (κ1) is 20.8. The van der Waals surface area contributed by atoms with Crippen molar-refractivity contribution < 1.29 is 4.79 Å². The van der Waals surface area contributed by atoms with E-state index >= 15 is 0 Å². The van der Waals surface area contributed by atoms with Gasteiger partial charge in [0.15, 0.2) is 0 Å². The van der Waals surface area contributed by atoms with Gasteiger partial charge in [-0.05, 0) is 36.7 Å². The Hall–Kier alpha value is -3.46. The number of amides is 2. The molecule has 1 fully saturated rings. The van der Waals surface area contributed by atoms with E-state index < -0.39 is 0 Å². The summed E-state index contributed by atoms with van der Waals surface area (Å²) in [7, 11) is 0. The smallest absolute Gasteiger partial charge is 0.319 e.